The molecule has 0 fully saturated rings. The van der Waals surface area contributed by atoms with Gasteiger partial charge < -0.3 is 5.32 Å². The van der Waals surface area contributed by atoms with Crippen molar-refractivity contribution in [3.63, 3.8) is 0 Å². The standard InChI is InChI=1S/C14H13ClN4/c15-8-5-11-1-3-12(4-2-11)17-13-7-10-19-14(18-13)6-9-16-19/h1-4,6-7,9-10H,5,8H2,(H,17,18). The van der Waals surface area contributed by atoms with Gasteiger partial charge in [-0.25, -0.2) is 9.50 Å². The smallest absolute Gasteiger partial charge is 0.157 e. The molecule has 1 aromatic carbocycles. The first-order valence-corrected chi connectivity index (χ1v) is 6.61. The number of anilines is 2. The van der Waals surface area contributed by atoms with Gasteiger partial charge in [0.15, 0.2) is 5.65 Å². The molecule has 0 spiro atoms. The molecule has 3 rings (SSSR count). The number of nitrogens with one attached hydrogen (secondary N) is 1. The Balaban J connectivity index is 1.79. The Morgan fingerprint density at radius 2 is 1.95 bits per heavy atom. The highest BCUT2D eigenvalue weighted by Gasteiger charge is 1.99. The number of hydrogen-bond donors (Lipinski definition) is 1. The summed E-state index contributed by atoms with van der Waals surface area (Å²) in [7, 11) is 0. The summed E-state index contributed by atoms with van der Waals surface area (Å²) < 4.78 is 1.73. The van der Waals surface area contributed by atoms with Crippen LogP contribution in [0.3, 0.4) is 0 Å². The van der Waals surface area contributed by atoms with Gasteiger partial charge in [0, 0.05) is 23.8 Å². The van der Waals surface area contributed by atoms with Crippen LogP contribution in [0.4, 0.5) is 11.5 Å². The number of nitrogens with zero attached hydrogens (tertiary/aromatic N) is 3. The Kier molecular flexibility index (Phi) is 3.33. The molecule has 0 unspecified atom stereocenters. The van der Waals surface area contributed by atoms with E-state index in [4.69, 9.17) is 11.6 Å². The molecule has 0 aliphatic rings. The molecule has 0 aliphatic heterocycles. The zero-order chi connectivity index (χ0) is 13.1. The van der Waals surface area contributed by atoms with Crippen LogP contribution in [-0.4, -0.2) is 20.5 Å². The van der Waals surface area contributed by atoms with E-state index in [-0.39, 0.29) is 0 Å². The first-order valence-electron chi connectivity index (χ1n) is 6.07. The largest absolute Gasteiger partial charge is 0.340 e. The zero-order valence-electron chi connectivity index (χ0n) is 10.3. The van der Waals surface area contributed by atoms with E-state index in [0.717, 1.165) is 23.6 Å². The molecule has 0 radical (unpaired) electrons. The fraction of sp³-hybridized carbons (Fsp3) is 0.143. The summed E-state index contributed by atoms with van der Waals surface area (Å²) in [6.07, 6.45) is 4.50. The highest BCUT2D eigenvalue weighted by molar-refractivity contribution is 6.17. The second-order valence-corrected chi connectivity index (χ2v) is 4.59. The highest BCUT2D eigenvalue weighted by Crippen LogP contribution is 2.16. The van der Waals surface area contributed by atoms with Crippen LogP contribution in [-0.2, 0) is 6.42 Å². The molecule has 2 heterocycles. The van der Waals surface area contributed by atoms with E-state index in [2.05, 4.69) is 27.5 Å². The fourth-order valence-electron chi connectivity index (χ4n) is 1.89. The summed E-state index contributed by atoms with van der Waals surface area (Å²) in [6.45, 7) is 0. The third-order valence-electron chi connectivity index (χ3n) is 2.87. The summed E-state index contributed by atoms with van der Waals surface area (Å²) in [4.78, 5) is 4.46. The monoisotopic (exact) mass is 272 g/mol. The molecule has 96 valence electrons. The van der Waals surface area contributed by atoms with E-state index in [1.165, 1.54) is 5.56 Å². The second kappa shape index (κ2) is 5.28. The molecule has 2 aromatic heterocycles. The highest BCUT2D eigenvalue weighted by atomic mass is 35.5. The van der Waals surface area contributed by atoms with E-state index < -0.39 is 0 Å². The Bertz CT molecular complexity index is 675. The predicted octanol–water partition coefficient (Wildman–Crippen LogP) is 3.25. The molecular formula is C14H13ClN4. The van der Waals surface area contributed by atoms with Gasteiger partial charge in [0.25, 0.3) is 0 Å². The number of benzene rings is 1. The number of alkyl halides is 1. The maximum atomic E-state index is 5.72. The Morgan fingerprint density at radius 3 is 2.74 bits per heavy atom. The average Bonchev–Trinajstić information content (AvgIpc) is 2.89. The van der Waals surface area contributed by atoms with Crippen molar-refractivity contribution in [3.05, 3.63) is 54.4 Å². The molecule has 0 amide bonds. The number of rotatable bonds is 4. The third-order valence-corrected chi connectivity index (χ3v) is 3.06. The van der Waals surface area contributed by atoms with Gasteiger partial charge in [0.05, 0.1) is 6.20 Å². The second-order valence-electron chi connectivity index (χ2n) is 4.21. The zero-order valence-corrected chi connectivity index (χ0v) is 11.0. The van der Waals surface area contributed by atoms with Crippen LogP contribution < -0.4 is 5.32 Å². The van der Waals surface area contributed by atoms with Gasteiger partial charge in [0.1, 0.15) is 5.82 Å². The molecular weight excluding hydrogens is 260 g/mol. The van der Waals surface area contributed by atoms with Crippen LogP contribution in [0.1, 0.15) is 5.56 Å². The number of fused-ring (bicyclic) bond motifs is 1. The number of hydrogen-bond acceptors (Lipinski definition) is 3. The van der Waals surface area contributed by atoms with Crippen LogP contribution in [0.5, 0.6) is 0 Å². The predicted molar refractivity (Wildman–Crippen MR) is 77.1 cm³/mol. The van der Waals surface area contributed by atoms with E-state index in [9.17, 15) is 0 Å². The van der Waals surface area contributed by atoms with Crippen LogP contribution >= 0.6 is 11.6 Å². The van der Waals surface area contributed by atoms with Crippen molar-refractivity contribution in [2.45, 2.75) is 6.42 Å². The number of halogens is 1. The number of aryl methyl sites for hydroxylation is 1. The molecule has 0 saturated carbocycles. The molecule has 4 nitrogen and oxygen atoms in total. The van der Waals surface area contributed by atoms with Crippen molar-refractivity contribution in [1.82, 2.24) is 14.6 Å². The summed E-state index contributed by atoms with van der Waals surface area (Å²) in [5.74, 6) is 1.45. The quantitative estimate of drug-likeness (QED) is 0.742. The average molecular weight is 273 g/mol. The molecule has 0 saturated heterocycles. The third kappa shape index (κ3) is 2.69. The molecule has 3 aromatic rings. The van der Waals surface area contributed by atoms with Crippen molar-refractivity contribution < 1.29 is 0 Å². The molecule has 0 aliphatic carbocycles. The van der Waals surface area contributed by atoms with Gasteiger partial charge in [-0.1, -0.05) is 12.1 Å². The van der Waals surface area contributed by atoms with Gasteiger partial charge in [0.2, 0.25) is 0 Å². The van der Waals surface area contributed by atoms with Crippen molar-refractivity contribution in [1.29, 1.82) is 0 Å². The van der Waals surface area contributed by atoms with Gasteiger partial charge in [-0.05, 0) is 30.2 Å². The minimum absolute atomic E-state index is 0.645. The minimum atomic E-state index is 0.645. The molecule has 5 heteroatoms. The van der Waals surface area contributed by atoms with E-state index in [1.807, 2.05) is 30.5 Å². The van der Waals surface area contributed by atoms with Gasteiger partial charge >= 0.3 is 0 Å². The molecule has 0 bridgehead atoms. The summed E-state index contributed by atoms with van der Waals surface area (Å²) in [5, 5.41) is 7.38. The minimum Gasteiger partial charge on any atom is -0.340 e. The SMILES string of the molecule is ClCCc1ccc(Nc2ccn3nccc3n2)cc1. The number of aromatic nitrogens is 3. The summed E-state index contributed by atoms with van der Waals surface area (Å²) >= 11 is 5.72. The van der Waals surface area contributed by atoms with E-state index >= 15 is 0 Å². The van der Waals surface area contributed by atoms with E-state index in [1.54, 1.807) is 10.7 Å². The molecule has 19 heavy (non-hydrogen) atoms. The first-order chi connectivity index (χ1) is 9.35. The van der Waals surface area contributed by atoms with Crippen molar-refractivity contribution in [2.75, 3.05) is 11.2 Å². The Morgan fingerprint density at radius 1 is 1.11 bits per heavy atom. The lowest BCUT2D eigenvalue weighted by atomic mass is 10.1. The molecule has 0 atom stereocenters. The van der Waals surface area contributed by atoms with Crippen molar-refractivity contribution in [2.24, 2.45) is 0 Å². The van der Waals surface area contributed by atoms with Gasteiger partial charge in [-0.3, -0.25) is 0 Å². The topological polar surface area (TPSA) is 42.2 Å². The fourth-order valence-corrected chi connectivity index (χ4v) is 2.11. The normalized spacial score (nSPS) is 10.8. The van der Waals surface area contributed by atoms with Crippen LogP contribution in [0.25, 0.3) is 5.65 Å². The summed E-state index contributed by atoms with van der Waals surface area (Å²) in [5.41, 5.74) is 3.07. The first kappa shape index (κ1) is 12.0. The van der Waals surface area contributed by atoms with Crippen LogP contribution in [0, 0.1) is 0 Å². The van der Waals surface area contributed by atoms with Crippen LogP contribution in [0.2, 0.25) is 0 Å². The Labute approximate surface area is 116 Å². The lowest BCUT2D eigenvalue weighted by Gasteiger charge is -2.06. The lowest BCUT2D eigenvalue weighted by Crippen LogP contribution is -1.97. The van der Waals surface area contributed by atoms with Crippen LogP contribution in [0.15, 0.2) is 48.8 Å². The summed E-state index contributed by atoms with van der Waals surface area (Å²) in [6, 6.07) is 12.0. The maximum Gasteiger partial charge on any atom is 0.157 e. The molecule has 1 N–H and O–H groups in total. The van der Waals surface area contributed by atoms with Crippen molar-refractivity contribution >= 4 is 28.8 Å². The lowest BCUT2D eigenvalue weighted by molar-refractivity contribution is 0.941. The maximum absolute atomic E-state index is 5.72. The van der Waals surface area contributed by atoms with Crippen molar-refractivity contribution in [3.8, 4) is 0 Å². The van der Waals surface area contributed by atoms with E-state index in [0.29, 0.717) is 5.88 Å². The Hall–Kier alpha value is -2.07. The van der Waals surface area contributed by atoms with Gasteiger partial charge in [-0.2, -0.15) is 5.10 Å². The van der Waals surface area contributed by atoms with Gasteiger partial charge in [-0.15, -0.1) is 11.6 Å².